The number of nitrogens with one attached hydrogen (secondary N) is 1. The van der Waals surface area contributed by atoms with Crippen LogP contribution in [0.25, 0.3) is 5.69 Å². The lowest BCUT2D eigenvalue weighted by Crippen LogP contribution is -2.27. The molecule has 0 saturated heterocycles. The van der Waals surface area contributed by atoms with E-state index in [9.17, 15) is 4.79 Å². The molecule has 0 unspecified atom stereocenters. The van der Waals surface area contributed by atoms with Crippen LogP contribution in [0.15, 0.2) is 34.9 Å². The van der Waals surface area contributed by atoms with E-state index in [1.54, 1.807) is 31.6 Å². The highest BCUT2D eigenvalue weighted by molar-refractivity contribution is 9.10. The van der Waals surface area contributed by atoms with Crippen molar-refractivity contribution in [3.05, 3.63) is 34.9 Å². The number of nitrogens with zero attached hydrogens (tertiary/aromatic N) is 3. The van der Waals surface area contributed by atoms with Crippen molar-refractivity contribution >= 4 is 27.8 Å². The van der Waals surface area contributed by atoms with Gasteiger partial charge in [0.15, 0.2) is 5.82 Å². The minimum absolute atomic E-state index is 0.335. The lowest BCUT2D eigenvalue weighted by molar-refractivity contribution is 0.0635. The van der Waals surface area contributed by atoms with Gasteiger partial charge in [0.1, 0.15) is 5.60 Å². The second-order valence-corrected chi connectivity index (χ2v) is 6.07. The van der Waals surface area contributed by atoms with Crippen molar-refractivity contribution in [2.45, 2.75) is 26.4 Å². The van der Waals surface area contributed by atoms with Gasteiger partial charge in [-0.2, -0.15) is 0 Å². The molecule has 0 saturated carbocycles. The van der Waals surface area contributed by atoms with Gasteiger partial charge < -0.3 is 4.74 Å². The van der Waals surface area contributed by atoms with Crippen LogP contribution in [0.5, 0.6) is 0 Å². The molecule has 6 nitrogen and oxygen atoms in total. The van der Waals surface area contributed by atoms with E-state index in [2.05, 4.69) is 31.6 Å². The van der Waals surface area contributed by atoms with Crippen LogP contribution in [-0.2, 0) is 4.74 Å². The Kier molecular flexibility index (Phi) is 4.08. The van der Waals surface area contributed by atoms with Gasteiger partial charge in [0, 0.05) is 4.47 Å². The SMILES string of the molecule is CC(C)(C)OC(=O)Nc1cn(-c2ccc(Br)cc2)nn1. The molecule has 7 heteroatoms. The molecule has 0 aliphatic rings. The Balaban J connectivity index is 2.06. The maximum Gasteiger partial charge on any atom is 0.413 e. The molecule has 0 aliphatic carbocycles. The summed E-state index contributed by atoms with van der Waals surface area (Å²) >= 11 is 3.36. The van der Waals surface area contributed by atoms with E-state index in [4.69, 9.17) is 4.74 Å². The summed E-state index contributed by atoms with van der Waals surface area (Å²) in [4.78, 5) is 11.6. The Bertz CT molecular complexity index is 602. The molecule has 2 rings (SSSR count). The molecule has 0 atom stereocenters. The normalized spacial score (nSPS) is 11.2. The first kappa shape index (κ1) is 14.5. The predicted molar refractivity (Wildman–Crippen MR) is 78.9 cm³/mol. The van der Waals surface area contributed by atoms with E-state index >= 15 is 0 Å². The molecule has 0 fully saturated rings. The lowest BCUT2D eigenvalue weighted by atomic mass is 10.2. The summed E-state index contributed by atoms with van der Waals surface area (Å²) in [6.07, 6.45) is 1.06. The van der Waals surface area contributed by atoms with Gasteiger partial charge in [-0.25, -0.2) is 9.48 Å². The van der Waals surface area contributed by atoms with E-state index in [1.807, 2.05) is 24.3 Å². The van der Waals surface area contributed by atoms with Crippen LogP contribution in [-0.4, -0.2) is 26.7 Å². The molecule has 106 valence electrons. The van der Waals surface area contributed by atoms with Crippen molar-refractivity contribution in [2.24, 2.45) is 0 Å². The van der Waals surface area contributed by atoms with Gasteiger partial charge in [0.2, 0.25) is 0 Å². The maximum absolute atomic E-state index is 11.6. The Morgan fingerprint density at radius 2 is 1.95 bits per heavy atom. The molecule has 2 aromatic rings. The zero-order valence-corrected chi connectivity index (χ0v) is 13.0. The fraction of sp³-hybridized carbons (Fsp3) is 0.308. The molecule has 1 aromatic heterocycles. The molecule has 0 spiro atoms. The minimum atomic E-state index is -0.555. The highest BCUT2D eigenvalue weighted by atomic mass is 79.9. The molecule has 0 aliphatic heterocycles. The Hall–Kier alpha value is -1.89. The van der Waals surface area contributed by atoms with E-state index in [-0.39, 0.29) is 0 Å². The summed E-state index contributed by atoms with van der Waals surface area (Å²) < 4.78 is 7.69. The topological polar surface area (TPSA) is 69.0 Å². The first-order valence-corrected chi connectivity index (χ1v) is 6.81. The van der Waals surface area contributed by atoms with Gasteiger partial charge in [-0.1, -0.05) is 21.1 Å². The number of aromatic nitrogens is 3. The largest absolute Gasteiger partial charge is 0.444 e. The van der Waals surface area contributed by atoms with E-state index in [0.29, 0.717) is 5.82 Å². The molecule has 1 aromatic carbocycles. The van der Waals surface area contributed by atoms with Crippen molar-refractivity contribution in [1.29, 1.82) is 0 Å². The zero-order chi connectivity index (χ0) is 14.8. The van der Waals surface area contributed by atoms with Crippen LogP contribution in [0.4, 0.5) is 10.6 Å². The third kappa shape index (κ3) is 4.06. The molecular formula is C13H15BrN4O2. The highest BCUT2D eigenvalue weighted by Crippen LogP contribution is 2.15. The molecule has 0 bridgehead atoms. The Labute approximate surface area is 125 Å². The lowest BCUT2D eigenvalue weighted by Gasteiger charge is -2.18. The van der Waals surface area contributed by atoms with E-state index < -0.39 is 11.7 Å². The summed E-state index contributed by atoms with van der Waals surface area (Å²) in [6, 6.07) is 7.57. The number of ether oxygens (including phenoxy) is 1. The molecular weight excluding hydrogens is 324 g/mol. The van der Waals surface area contributed by atoms with Gasteiger partial charge in [0.05, 0.1) is 11.9 Å². The summed E-state index contributed by atoms with van der Waals surface area (Å²) in [5, 5.41) is 10.4. The van der Waals surface area contributed by atoms with Gasteiger partial charge in [-0.05, 0) is 45.0 Å². The third-order valence-corrected chi connectivity index (χ3v) is 2.74. The monoisotopic (exact) mass is 338 g/mol. The van der Waals surface area contributed by atoms with Crippen molar-refractivity contribution in [1.82, 2.24) is 15.0 Å². The zero-order valence-electron chi connectivity index (χ0n) is 11.4. The van der Waals surface area contributed by atoms with Gasteiger partial charge in [-0.3, -0.25) is 5.32 Å². The standard InChI is InChI=1S/C13H15BrN4O2/c1-13(2,3)20-12(19)15-11-8-18(17-16-11)10-6-4-9(14)5-7-10/h4-8H,1-3H3,(H,15,19). The van der Waals surface area contributed by atoms with Gasteiger partial charge in [0.25, 0.3) is 0 Å². The number of halogens is 1. The number of rotatable bonds is 2. The highest BCUT2D eigenvalue weighted by Gasteiger charge is 2.17. The molecule has 1 heterocycles. The van der Waals surface area contributed by atoms with Crippen molar-refractivity contribution < 1.29 is 9.53 Å². The average molecular weight is 339 g/mol. The smallest absolute Gasteiger partial charge is 0.413 e. The fourth-order valence-electron chi connectivity index (χ4n) is 1.45. The van der Waals surface area contributed by atoms with Crippen LogP contribution in [0.3, 0.4) is 0 Å². The number of amides is 1. The van der Waals surface area contributed by atoms with E-state index in [0.717, 1.165) is 10.2 Å². The molecule has 0 radical (unpaired) electrons. The van der Waals surface area contributed by atoms with Crippen molar-refractivity contribution in [2.75, 3.05) is 5.32 Å². The first-order valence-electron chi connectivity index (χ1n) is 6.02. The van der Waals surface area contributed by atoms with Crippen molar-refractivity contribution in [3.8, 4) is 5.69 Å². The molecule has 20 heavy (non-hydrogen) atoms. The summed E-state index contributed by atoms with van der Waals surface area (Å²) in [5.41, 5.74) is 0.295. The van der Waals surface area contributed by atoms with Crippen LogP contribution in [0, 0.1) is 0 Å². The fourth-order valence-corrected chi connectivity index (χ4v) is 1.71. The third-order valence-electron chi connectivity index (χ3n) is 2.21. The molecule has 1 amide bonds. The number of carbonyl (C=O) groups excluding carboxylic acids is 1. The average Bonchev–Trinajstić information content (AvgIpc) is 2.75. The van der Waals surface area contributed by atoms with Crippen LogP contribution in [0.1, 0.15) is 20.8 Å². The summed E-state index contributed by atoms with van der Waals surface area (Å²) in [5.74, 6) is 0.335. The maximum atomic E-state index is 11.6. The Morgan fingerprint density at radius 3 is 2.55 bits per heavy atom. The Morgan fingerprint density at radius 1 is 1.30 bits per heavy atom. The number of hydrogen-bond acceptors (Lipinski definition) is 4. The first-order chi connectivity index (χ1) is 9.33. The number of anilines is 1. The van der Waals surface area contributed by atoms with Crippen molar-refractivity contribution in [3.63, 3.8) is 0 Å². The van der Waals surface area contributed by atoms with Crippen LogP contribution >= 0.6 is 15.9 Å². The van der Waals surface area contributed by atoms with Gasteiger partial charge >= 0.3 is 6.09 Å². The minimum Gasteiger partial charge on any atom is -0.444 e. The summed E-state index contributed by atoms with van der Waals surface area (Å²) in [6.45, 7) is 5.39. The predicted octanol–water partition coefficient (Wildman–Crippen LogP) is 3.38. The second kappa shape index (κ2) is 5.62. The van der Waals surface area contributed by atoms with E-state index in [1.165, 1.54) is 0 Å². The second-order valence-electron chi connectivity index (χ2n) is 5.15. The number of carbonyl (C=O) groups is 1. The number of benzene rings is 1. The number of hydrogen-bond donors (Lipinski definition) is 1. The summed E-state index contributed by atoms with van der Waals surface area (Å²) in [7, 11) is 0. The molecule has 1 N–H and O–H groups in total. The van der Waals surface area contributed by atoms with Gasteiger partial charge in [-0.15, -0.1) is 5.10 Å². The quantitative estimate of drug-likeness (QED) is 0.911. The van der Waals surface area contributed by atoms with Crippen LogP contribution in [0.2, 0.25) is 0 Å². The van der Waals surface area contributed by atoms with Crippen LogP contribution < -0.4 is 5.32 Å².